The molecule has 0 spiro atoms. The van der Waals surface area contributed by atoms with Crippen molar-refractivity contribution in [3.05, 3.63) is 35.3 Å². The average Bonchev–Trinajstić information content (AvgIpc) is 3.31. The minimum absolute atomic E-state index is 0.266. The number of aromatic amines is 1. The number of nitrogens with zero attached hydrogens (tertiary/aromatic N) is 6. The summed E-state index contributed by atoms with van der Waals surface area (Å²) in [6, 6.07) is 10.5. The van der Waals surface area contributed by atoms with Crippen LogP contribution in [-0.2, 0) is 0 Å². The highest BCUT2D eigenvalue weighted by atomic mass is 32.1. The van der Waals surface area contributed by atoms with E-state index in [1.165, 1.54) is 17.0 Å². The van der Waals surface area contributed by atoms with Gasteiger partial charge in [0.05, 0.1) is 0 Å². The summed E-state index contributed by atoms with van der Waals surface area (Å²) in [4.78, 5) is 9.37. The SMILES string of the molecule is CN1CCN(c2ccc(-c3nc(-c4n[nH]nc4C#N)cs3)cc2)CC1. The van der Waals surface area contributed by atoms with Crippen molar-refractivity contribution in [2.75, 3.05) is 38.1 Å². The molecule has 25 heavy (non-hydrogen) atoms. The molecule has 8 heteroatoms. The van der Waals surface area contributed by atoms with Crippen LogP contribution in [0.25, 0.3) is 22.0 Å². The number of hydrogen-bond acceptors (Lipinski definition) is 7. The van der Waals surface area contributed by atoms with E-state index in [9.17, 15) is 0 Å². The van der Waals surface area contributed by atoms with Crippen molar-refractivity contribution in [3.63, 3.8) is 0 Å². The Kier molecular flexibility index (Phi) is 4.17. The second-order valence-corrected chi connectivity index (χ2v) is 6.87. The van der Waals surface area contributed by atoms with Gasteiger partial charge in [-0.2, -0.15) is 15.6 Å². The van der Waals surface area contributed by atoms with Crippen molar-refractivity contribution < 1.29 is 0 Å². The number of rotatable bonds is 3. The minimum atomic E-state index is 0.266. The smallest absolute Gasteiger partial charge is 0.192 e. The first-order valence-electron chi connectivity index (χ1n) is 8.05. The summed E-state index contributed by atoms with van der Waals surface area (Å²) in [6.45, 7) is 4.30. The van der Waals surface area contributed by atoms with Crippen LogP contribution in [0, 0.1) is 11.3 Å². The molecule has 0 amide bonds. The maximum Gasteiger partial charge on any atom is 0.192 e. The number of likely N-dealkylation sites (N-methyl/N-ethyl adjacent to an activating group) is 1. The van der Waals surface area contributed by atoms with Crippen molar-refractivity contribution in [2.45, 2.75) is 0 Å². The zero-order chi connectivity index (χ0) is 17.2. The van der Waals surface area contributed by atoms with E-state index in [0.717, 1.165) is 36.8 Å². The van der Waals surface area contributed by atoms with E-state index in [4.69, 9.17) is 5.26 Å². The van der Waals surface area contributed by atoms with Gasteiger partial charge in [-0.3, -0.25) is 0 Å². The summed E-state index contributed by atoms with van der Waals surface area (Å²) in [5.74, 6) is 0. The lowest BCUT2D eigenvalue weighted by Gasteiger charge is -2.34. The van der Waals surface area contributed by atoms with E-state index in [0.29, 0.717) is 11.4 Å². The number of nitriles is 1. The molecule has 0 bridgehead atoms. The Morgan fingerprint density at radius 3 is 2.60 bits per heavy atom. The molecule has 2 aromatic heterocycles. The fourth-order valence-electron chi connectivity index (χ4n) is 2.88. The fraction of sp³-hybridized carbons (Fsp3) is 0.294. The molecule has 1 aliphatic heterocycles. The minimum Gasteiger partial charge on any atom is -0.369 e. The van der Waals surface area contributed by atoms with Crippen molar-refractivity contribution >= 4 is 17.0 Å². The van der Waals surface area contributed by atoms with Crippen molar-refractivity contribution in [1.29, 1.82) is 5.26 Å². The predicted octanol–water partition coefficient (Wildman–Crippen LogP) is 2.22. The zero-order valence-electron chi connectivity index (χ0n) is 13.8. The number of piperazine rings is 1. The molecule has 1 aromatic carbocycles. The maximum absolute atomic E-state index is 9.06. The topological polar surface area (TPSA) is 84.7 Å². The zero-order valence-corrected chi connectivity index (χ0v) is 14.6. The highest BCUT2D eigenvalue weighted by Crippen LogP contribution is 2.30. The molecule has 1 aliphatic rings. The van der Waals surface area contributed by atoms with Crippen LogP contribution in [0.4, 0.5) is 5.69 Å². The number of nitrogens with one attached hydrogen (secondary N) is 1. The monoisotopic (exact) mass is 351 g/mol. The van der Waals surface area contributed by atoms with Crippen molar-refractivity contribution in [2.24, 2.45) is 0 Å². The van der Waals surface area contributed by atoms with Crippen LogP contribution in [0.1, 0.15) is 5.69 Å². The first-order valence-corrected chi connectivity index (χ1v) is 8.93. The Morgan fingerprint density at radius 1 is 1.12 bits per heavy atom. The Bertz CT molecular complexity index is 898. The summed E-state index contributed by atoms with van der Waals surface area (Å²) in [5, 5.41) is 22.2. The molecule has 7 nitrogen and oxygen atoms in total. The van der Waals surface area contributed by atoms with Gasteiger partial charge in [0.2, 0.25) is 0 Å². The van der Waals surface area contributed by atoms with Gasteiger partial charge in [0.15, 0.2) is 5.69 Å². The largest absolute Gasteiger partial charge is 0.369 e. The third-order valence-corrected chi connectivity index (χ3v) is 5.27. The molecule has 1 N–H and O–H groups in total. The van der Waals surface area contributed by atoms with Crippen LogP contribution in [0.3, 0.4) is 0 Å². The molecule has 0 saturated carbocycles. The van der Waals surface area contributed by atoms with E-state index < -0.39 is 0 Å². The van der Waals surface area contributed by atoms with Crippen molar-refractivity contribution in [1.82, 2.24) is 25.3 Å². The van der Waals surface area contributed by atoms with Crippen molar-refractivity contribution in [3.8, 4) is 28.0 Å². The number of H-pyrrole nitrogens is 1. The van der Waals surface area contributed by atoms with Crippen LogP contribution in [0.5, 0.6) is 0 Å². The van der Waals surface area contributed by atoms with Crippen LogP contribution in [-0.4, -0.2) is 58.5 Å². The summed E-state index contributed by atoms with van der Waals surface area (Å²) in [7, 11) is 2.16. The van der Waals surface area contributed by atoms with Gasteiger partial charge >= 0.3 is 0 Å². The van der Waals surface area contributed by atoms with Gasteiger partial charge in [-0.05, 0) is 31.3 Å². The highest BCUT2D eigenvalue weighted by molar-refractivity contribution is 7.13. The van der Waals surface area contributed by atoms with E-state index in [2.05, 4.69) is 61.5 Å². The summed E-state index contributed by atoms with van der Waals surface area (Å²) < 4.78 is 0. The van der Waals surface area contributed by atoms with Gasteiger partial charge in [0.1, 0.15) is 22.5 Å². The number of hydrogen-bond donors (Lipinski definition) is 1. The number of anilines is 1. The van der Waals surface area contributed by atoms with Crippen LogP contribution in [0.15, 0.2) is 29.6 Å². The molecule has 126 valence electrons. The second-order valence-electron chi connectivity index (χ2n) is 6.01. The summed E-state index contributed by atoms with van der Waals surface area (Å²) in [5.41, 5.74) is 3.75. The quantitative estimate of drug-likeness (QED) is 0.779. The standard InChI is InChI=1S/C17H17N7S/c1-23-6-8-24(9-7-23)13-4-2-12(3-5-13)17-19-15(11-25-17)16-14(10-18)20-22-21-16/h2-5,11H,6-9H2,1H3,(H,20,21,22). The van der Waals surface area contributed by atoms with Crippen LogP contribution in [0.2, 0.25) is 0 Å². The Hall–Kier alpha value is -2.76. The van der Waals surface area contributed by atoms with Gasteiger partial charge < -0.3 is 9.80 Å². The lowest BCUT2D eigenvalue weighted by atomic mass is 10.2. The van der Waals surface area contributed by atoms with E-state index in [-0.39, 0.29) is 5.69 Å². The molecular formula is C17H17N7S. The normalized spacial score (nSPS) is 15.3. The first-order chi connectivity index (χ1) is 12.2. The Labute approximate surface area is 149 Å². The molecule has 0 atom stereocenters. The second kappa shape index (κ2) is 6.63. The third kappa shape index (κ3) is 3.12. The highest BCUT2D eigenvalue weighted by Gasteiger charge is 2.16. The lowest BCUT2D eigenvalue weighted by Crippen LogP contribution is -2.44. The number of aromatic nitrogens is 4. The van der Waals surface area contributed by atoms with Crippen LogP contribution < -0.4 is 4.90 Å². The molecule has 0 aliphatic carbocycles. The molecule has 1 fully saturated rings. The maximum atomic E-state index is 9.06. The summed E-state index contributed by atoms with van der Waals surface area (Å²) >= 11 is 1.54. The van der Waals surface area contributed by atoms with E-state index >= 15 is 0 Å². The number of benzene rings is 1. The molecule has 3 heterocycles. The molecule has 0 unspecified atom stereocenters. The Morgan fingerprint density at radius 2 is 1.88 bits per heavy atom. The molecule has 3 aromatic rings. The molecular weight excluding hydrogens is 334 g/mol. The number of thiazole rings is 1. The van der Waals surface area contributed by atoms with Gasteiger partial charge in [-0.25, -0.2) is 4.98 Å². The predicted molar refractivity (Wildman–Crippen MR) is 97.4 cm³/mol. The van der Waals surface area contributed by atoms with E-state index in [1.807, 2.05) is 11.4 Å². The Balaban J connectivity index is 1.54. The molecule has 1 saturated heterocycles. The van der Waals surface area contributed by atoms with Gasteiger partial charge in [-0.1, -0.05) is 0 Å². The van der Waals surface area contributed by atoms with E-state index in [1.54, 1.807) is 0 Å². The van der Waals surface area contributed by atoms with Gasteiger partial charge in [0.25, 0.3) is 0 Å². The van der Waals surface area contributed by atoms with Gasteiger partial charge in [-0.15, -0.1) is 16.4 Å². The third-order valence-electron chi connectivity index (χ3n) is 4.38. The molecule has 4 rings (SSSR count). The lowest BCUT2D eigenvalue weighted by molar-refractivity contribution is 0.313. The fourth-order valence-corrected chi connectivity index (χ4v) is 3.69. The van der Waals surface area contributed by atoms with Crippen LogP contribution >= 0.6 is 11.3 Å². The average molecular weight is 351 g/mol. The summed E-state index contributed by atoms with van der Waals surface area (Å²) in [6.07, 6.45) is 0. The molecule has 0 radical (unpaired) electrons. The first kappa shape index (κ1) is 15.7. The van der Waals surface area contributed by atoms with Gasteiger partial charge in [0, 0.05) is 42.8 Å².